The molecule has 2 heterocycles. The number of nitrogen functional groups attached to an aromatic ring is 1. The van der Waals surface area contributed by atoms with Crippen LogP contribution in [0.15, 0.2) is 83.4 Å². The number of anilines is 2. The van der Waals surface area contributed by atoms with Crippen LogP contribution in [0.25, 0.3) is 6.08 Å². The monoisotopic (exact) mass is 566 g/mol. The van der Waals surface area contributed by atoms with Crippen molar-refractivity contribution in [3.63, 3.8) is 0 Å². The lowest BCUT2D eigenvalue weighted by Gasteiger charge is -2.34. The maximum absolute atomic E-state index is 13.5. The smallest absolute Gasteiger partial charge is 0.273 e. The number of piperidine rings is 1. The summed E-state index contributed by atoms with van der Waals surface area (Å²) in [5.74, 6) is -0.101. The van der Waals surface area contributed by atoms with E-state index in [0.29, 0.717) is 34.9 Å². The number of nitrogens with one attached hydrogen (secondary N) is 1. The van der Waals surface area contributed by atoms with E-state index in [2.05, 4.69) is 27.3 Å². The SMILES string of the molecule is CCCN(OCc1ccc(N)cc1)C(=O)C1=Cc2ccc(C(=O)NC3CCN(c4ccccc4)CC3)cc2N=C(N)C1. The first-order valence-electron chi connectivity index (χ1n) is 14.5. The molecule has 0 aromatic heterocycles. The van der Waals surface area contributed by atoms with Crippen molar-refractivity contribution >= 4 is 40.8 Å². The zero-order chi connectivity index (χ0) is 29.5. The number of nitrogens with two attached hydrogens (primary N) is 2. The van der Waals surface area contributed by atoms with Crippen LogP contribution in [0.5, 0.6) is 0 Å². The van der Waals surface area contributed by atoms with Crippen LogP contribution in [-0.2, 0) is 16.2 Å². The summed E-state index contributed by atoms with van der Waals surface area (Å²) in [6.45, 7) is 4.43. The minimum Gasteiger partial charge on any atom is -0.399 e. The van der Waals surface area contributed by atoms with Crippen molar-refractivity contribution in [3.8, 4) is 0 Å². The zero-order valence-corrected chi connectivity index (χ0v) is 24.0. The number of para-hydroxylation sites is 1. The number of benzene rings is 3. The number of hydrogen-bond donors (Lipinski definition) is 3. The Labute approximate surface area is 246 Å². The van der Waals surface area contributed by atoms with Gasteiger partial charge in [0.05, 0.1) is 5.69 Å². The maximum atomic E-state index is 13.5. The highest BCUT2D eigenvalue weighted by atomic mass is 16.7. The second kappa shape index (κ2) is 13.4. The second-order valence-corrected chi connectivity index (χ2v) is 10.7. The maximum Gasteiger partial charge on any atom is 0.273 e. The number of fused-ring (bicyclic) bond motifs is 1. The number of carbonyl (C=O) groups is 2. The van der Waals surface area contributed by atoms with Crippen molar-refractivity contribution < 1.29 is 14.4 Å². The molecule has 5 rings (SSSR count). The molecule has 0 bridgehead atoms. The Balaban J connectivity index is 1.24. The summed E-state index contributed by atoms with van der Waals surface area (Å²) in [5, 5.41) is 4.56. The molecule has 2 aliphatic heterocycles. The van der Waals surface area contributed by atoms with Gasteiger partial charge in [0.1, 0.15) is 12.4 Å². The van der Waals surface area contributed by atoms with Crippen molar-refractivity contribution in [2.75, 3.05) is 30.3 Å². The van der Waals surface area contributed by atoms with Gasteiger partial charge in [-0.05, 0) is 67.3 Å². The molecule has 9 nitrogen and oxygen atoms in total. The Morgan fingerprint density at radius 3 is 2.48 bits per heavy atom. The summed E-state index contributed by atoms with van der Waals surface area (Å²) in [7, 11) is 0. The van der Waals surface area contributed by atoms with E-state index in [1.54, 1.807) is 30.3 Å². The van der Waals surface area contributed by atoms with E-state index in [4.69, 9.17) is 16.3 Å². The van der Waals surface area contributed by atoms with Gasteiger partial charge in [0.15, 0.2) is 0 Å². The molecular formula is C33H38N6O3. The first kappa shape index (κ1) is 28.9. The summed E-state index contributed by atoms with van der Waals surface area (Å²) < 4.78 is 0. The van der Waals surface area contributed by atoms with E-state index in [1.807, 2.05) is 43.3 Å². The Morgan fingerprint density at radius 1 is 1.02 bits per heavy atom. The van der Waals surface area contributed by atoms with Crippen LogP contribution in [0.3, 0.4) is 0 Å². The molecule has 5 N–H and O–H groups in total. The molecule has 0 radical (unpaired) electrons. The highest BCUT2D eigenvalue weighted by Gasteiger charge is 2.24. The summed E-state index contributed by atoms with van der Waals surface area (Å²) >= 11 is 0. The third-order valence-corrected chi connectivity index (χ3v) is 7.50. The van der Waals surface area contributed by atoms with Gasteiger partial charge < -0.3 is 21.7 Å². The summed E-state index contributed by atoms with van der Waals surface area (Å²) in [5.41, 5.74) is 17.1. The first-order valence-corrected chi connectivity index (χ1v) is 14.5. The molecule has 2 aliphatic rings. The zero-order valence-electron chi connectivity index (χ0n) is 24.0. The number of amides is 2. The van der Waals surface area contributed by atoms with E-state index in [0.717, 1.165) is 43.5 Å². The van der Waals surface area contributed by atoms with Gasteiger partial charge in [0.25, 0.3) is 11.8 Å². The minimum absolute atomic E-state index is 0.103. The number of rotatable bonds is 9. The molecule has 9 heteroatoms. The van der Waals surface area contributed by atoms with Crippen molar-refractivity contribution in [2.24, 2.45) is 10.7 Å². The molecular weight excluding hydrogens is 528 g/mol. The predicted octanol–water partition coefficient (Wildman–Crippen LogP) is 4.81. The average molecular weight is 567 g/mol. The predicted molar refractivity (Wildman–Crippen MR) is 167 cm³/mol. The third kappa shape index (κ3) is 7.16. The first-order chi connectivity index (χ1) is 20.4. The van der Waals surface area contributed by atoms with Gasteiger partial charge in [0, 0.05) is 60.2 Å². The van der Waals surface area contributed by atoms with Crippen LogP contribution in [0.4, 0.5) is 17.1 Å². The largest absolute Gasteiger partial charge is 0.399 e. The van der Waals surface area contributed by atoms with Crippen LogP contribution >= 0.6 is 0 Å². The Bertz CT molecular complexity index is 1460. The molecule has 1 saturated heterocycles. The fourth-order valence-corrected chi connectivity index (χ4v) is 5.21. The summed E-state index contributed by atoms with van der Waals surface area (Å²) in [6, 6.07) is 23.1. The Hall–Kier alpha value is -4.63. The number of nitrogens with zero attached hydrogens (tertiary/aromatic N) is 3. The van der Waals surface area contributed by atoms with Gasteiger partial charge in [-0.15, -0.1) is 0 Å². The minimum atomic E-state index is -0.262. The molecule has 42 heavy (non-hydrogen) atoms. The van der Waals surface area contributed by atoms with Crippen molar-refractivity contribution in [1.29, 1.82) is 0 Å². The number of aliphatic imine (C=N–C) groups is 1. The van der Waals surface area contributed by atoms with Crippen LogP contribution in [0.1, 0.15) is 54.1 Å². The van der Waals surface area contributed by atoms with Gasteiger partial charge in [-0.25, -0.2) is 10.1 Å². The summed E-state index contributed by atoms with van der Waals surface area (Å²) in [6.07, 6.45) is 4.45. The molecule has 218 valence electrons. The molecule has 0 aliphatic carbocycles. The fourth-order valence-electron chi connectivity index (χ4n) is 5.21. The molecule has 2 amide bonds. The van der Waals surface area contributed by atoms with E-state index < -0.39 is 0 Å². The highest BCUT2D eigenvalue weighted by Crippen LogP contribution is 2.29. The topological polar surface area (TPSA) is 126 Å². The van der Waals surface area contributed by atoms with Gasteiger partial charge >= 0.3 is 0 Å². The molecule has 0 atom stereocenters. The van der Waals surface area contributed by atoms with E-state index >= 15 is 0 Å². The lowest BCUT2D eigenvalue weighted by atomic mass is 10.0. The lowest BCUT2D eigenvalue weighted by Crippen LogP contribution is -2.44. The van der Waals surface area contributed by atoms with Crippen LogP contribution < -0.4 is 21.7 Å². The fraction of sp³-hybridized carbons (Fsp3) is 0.303. The van der Waals surface area contributed by atoms with E-state index in [-0.39, 0.29) is 30.9 Å². The van der Waals surface area contributed by atoms with Crippen molar-refractivity contribution in [1.82, 2.24) is 10.4 Å². The van der Waals surface area contributed by atoms with Gasteiger partial charge in [-0.2, -0.15) is 0 Å². The van der Waals surface area contributed by atoms with Gasteiger partial charge in [-0.3, -0.25) is 14.4 Å². The third-order valence-electron chi connectivity index (χ3n) is 7.50. The molecule has 3 aromatic rings. The normalized spacial score (nSPS) is 15.2. The van der Waals surface area contributed by atoms with Gasteiger partial charge in [0.2, 0.25) is 0 Å². The highest BCUT2D eigenvalue weighted by molar-refractivity contribution is 6.05. The van der Waals surface area contributed by atoms with Gasteiger partial charge in [-0.1, -0.05) is 43.3 Å². The standard InChI is InChI=1S/C33H38N6O3/c1-2-16-39(42-22-23-8-12-27(34)13-9-23)33(41)26-19-24-10-11-25(20-30(24)37-31(35)21-26)32(40)36-28-14-17-38(18-15-28)29-6-4-3-5-7-29/h3-13,19-20,28H,2,14-18,21-22,34H2,1H3,(H2,35,37)(H,36,40). The van der Waals surface area contributed by atoms with E-state index in [9.17, 15) is 9.59 Å². The number of amidine groups is 1. The quantitative estimate of drug-likeness (QED) is 0.252. The van der Waals surface area contributed by atoms with E-state index in [1.165, 1.54) is 10.8 Å². The number of carbonyl (C=O) groups excluding carboxylic acids is 2. The van der Waals surface area contributed by atoms with Crippen LogP contribution in [-0.4, -0.2) is 48.4 Å². The second-order valence-electron chi connectivity index (χ2n) is 10.7. The van der Waals surface area contributed by atoms with Crippen molar-refractivity contribution in [3.05, 3.63) is 95.1 Å². The van der Waals surface area contributed by atoms with Crippen molar-refractivity contribution in [2.45, 2.75) is 45.3 Å². The lowest BCUT2D eigenvalue weighted by molar-refractivity contribution is -0.187. The number of hydrogen-bond acceptors (Lipinski definition) is 7. The van der Waals surface area contributed by atoms with Crippen LogP contribution in [0.2, 0.25) is 0 Å². The molecule has 1 fully saturated rings. The summed E-state index contributed by atoms with van der Waals surface area (Å²) in [4.78, 5) is 39.5. The molecule has 0 saturated carbocycles. The van der Waals surface area contributed by atoms with Crippen LogP contribution in [0, 0.1) is 0 Å². The Morgan fingerprint density at radius 2 is 1.76 bits per heavy atom. The number of hydroxylamine groups is 2. The molecule has 3 aromatic carbocycles. The Kier molecular flexibility index (Phi) is 9.18. The molecule has 0 spiro atoms. The molecule has 0 unspecified atom stereocenters. The average Bonchev–Trinajstić information content (AvgIpc) is 3.18.